The second kappa shape index (κ2) is 9.32. The van der Waals surface area contributed by atoms with E-state index in [0.717, 1.165) is 16.9 Å². The van der Waals surface area contributed by atoms with E-state index in [1.54, 1.807) is 59.3 Å². The topological polar surface area (TPSA) is 88.8 Å². The van der Waals surface area contributed by atoms with E-state index in [-0.39, 0.29) is 17.2 Å². The maximum atomic E-state index is 12.8. The molecule has 2 amide bonds. The van der Waals surface area contributed by atoms with Gasteiger partial charge in [-0.25, -0.2) is 4.79 Å². The molecule has 1 saturated heterocycles. The molecule has 1 aromatic heterocycles. The summed E-state index contributed by atoms with van der Waals surface area (Å²) in [4.78, 5) is 38.7. The fourth-order valence-electron chi connectivity index (χ4n) is 3.47. The van der Waals surface area contributed by atoms with Crippen LogP contribution in [-0.2, 0) is 16.1 Å². The largest absolute Gasteiger partial charge is 0.467 e. The first-order valence-electron chi connectivity index (χ1n) is 10.00. The van der Waals surface area contributed by atoms with Crippen molar-refractivity contribution in [2.24, 2.45) is 0 Å². The van der Waals surface area contributed by atoms with Crippen molar-refractivity contribution >= 4 is 35.2 Å². The lowest BCUT2D eigenvalue weighted by atomic mass is 10.1. The molecule has 0 spiro atoms. The Morgan fingerprint density at radius 1 is 1.16 bits per heavy atom. The molecule has 1 aliphatic heterocycles. The van der Waals surface area contributed by atoms with E-state index in [4.69, 9.17) is 9.15 Å². The van der Waals surface area contributed by atoms with Crippen molar-refractivity contribution in [2.45, 2.75) is 18.8 Å². The number of carbonyl (C=O) groups is 3. The zero-order chi connectivity index (χ0) is 22.7. The third kappa shape index (κ3) is 4.55. The molecule has 0 saturated carbocycles. The number of rotatable bonds is 6. The highest BCUT2D eigenvalue weighted by molar-refractivity contribution is 8.00. The maximum absolute atomic E-state index is 12.8. The molecule has 4 rings (SSSR count). The van der Waals surface area contributed by atoms with E-state index in [1.165, 1.54) is 7.11 Å². The predicted molar refractivity (Wildman–Crippen MR) is 121 cm³/mol. The number of esters is 1. The molecule has 32 heavy (non-hydrogen) atoms. The molecular formula is C24H22N2O5S. The van der Waals surface area contributed by atoms with Gasteiger partial charge in [0.25, 0.3) is 5.91 Å². The first-order valence-corrected chi connectivity index (χ1v) is 11.0. The van der Waals surface area contributed by atoms with Crippen molar-refractivity contribution in [3.8, 4) is 0 Å². The normalized spacial score (nSPS) is 15.6. The summed E-state index contributed by atoms with van der Waals surface area (Å²) in [5, 5.41) is 2.72. The molecule has 8 heteroatoms. The summed E-state index contributed by atoms with van der Waals surface area (Å²) in [5.41, 5.74) is 3.15. The number of anilines is 1. The smallest absolute Gasteiger partial charge is 0.337 e. The van der Waals surface area contributed by atoms with Crippen LogP contribution in [0.3, 0.4) is 0 Å². The molecule has 164 valence electrons. The monoisotopic (exact) mass is 450 g/mol. The standard InChI is InChI=1S/C24H22N2O5S/c1-15-5-6-18(24(29)30-2)12-20(15)25-22(28)16-7-9-17(10-8-16)23-26(21(27)14-32-23)13-19-4-3-11-31-19/h3-12,23H,13-14H2,1-2H3,(H,25,28)/t23-/m0/s1. The molecule has 2 aromatic carbocycles. The molecule has 1 atom stereocenters. The molecule has 1 fully saturated rings. The van der Waals surface area contributed by atoms with Crippen LogP contribution in [0.5, 0.6) is 0 Å². The minimum absolute atomic E-state index is 0.0548. The molecule has 3 aromatic rings. The number of benzene rings is 2. The SMILES string of the molecule is COC(=O)c1ccc(C)c(NC(=O)c2ccc([C@@H]3SCC(=O)N3Cc3ccco3)cc2)c1. The minimum atomic E-state index is -0.465. The lowest BCUT2D eigenvalue weighted by Gasteiger charge is -2.23. The van der Waals surface area contributed by atoms with Crippen LogP contribution in [-0.4, -0.2) is 35.5 Å². The third-order valence-electron chi connectivity index (χ3n) is 5.24. The van der Waals surface area contributed by atoms with Crippen molar-refractivity contribution in [2.75, 3.05) is 18.2 Å². The van der Waals surface area contributed by atoms with Crippen molar-refractivity contribution in [3.05, 3.63) is 88.9 Å². The Morgan fingerprint density at radius 2 is 1.91 bits per heavy atom. The van der Waals surface area contributed by atoms with Gasteiger partial charge in [-0.05, 0) is 54.4 Å². The number of nitrogens with one attached hydrogen (secondary N) is 1. The lowest BCUT2D eigenvalue weighted by molar-refractivity contribution is -0.128. The first kappa shape index (κ1) is 21.7. The van der Waals surface area contributed by atoms with Crippen LogP contribution in [0.2, 0.25) is 0 Å². The summed E-state index contributed by atoms with van der Waals surface area (Å²) >= 11 is 1.55. The van der Waals surface area contributed by atoms with Crippen LogP contribution < -0.4 is 5.32 Å². The van der Waals surface area contributed by atoms with Crippen LogP contribution in [0.25, 0.3) is 0 Å². The number of aryl methyl sites for hydroxylation is 1. The van der Waals surface area contributed by atoms with Gasteiger partial charge < -0.3 is 19.4 Å². The molecule has 0 radical (unpaired) electrons. The van der Waals surface area contributed by atoms with Gasteiger partial charge in [-0.1, -0.05) is 18.2 Å². The van der Waals surface area contributed by atoms with Crippen molar-refractivity contribution < 1.29 is 23.5 Å². The minimum Gasteiger partial charge on any atom is -0.467 e. The number of thioether (sulfide) groups is 1. The van der Waals surface area contributed by atoms with E-state index < -0.39 is 5.97 Å². The van der Waals surface area contributed by atoms with Gasteiger partial charge in [0.15, 0.2) is 0 Å². The van der Waals surface area contributed by atoms with Crippen LogP contribution in [0.4, 0.5) is 5.69 Å². The second-order valence-electron chi connectivity index (χ2n) is 7.36. The van der Waals surface area contributed by atoms with E-state index in [1.807, 2.05) is 25.1 Å². The zero-order valence-electron chi connectivity index (χ0n) is 17.7. The van der Waals surface area contributed by atoms with Gasteiger partial charge >= 0.3 is 5.97 Å². The second-order valence-corrected chi connectivity index (χ2v) is 8.43. The molecule has 1 aliphatic rings. The Morgan fingerprint density at radius 3 is 2.59 bits per heavy atom. The van der Waals surface area contributed by atoms with E-state index in [9.17, 15) is 14.4 Å². The molecular weight excluding hydrogens is 428 g/mol. The van der Waals surface area contributed by atoms with Gasteiger partial charge in [0, 0.05) is 11.3 Å². The zero-order valence-corrected chi connectivity index (χ0v) is 18.5. The first-order chi connectivity index (χ1) is 15.5. The Labute approximate surface area is 189 Å². The number of ether oxygens (including phenoxy) is 1. The van der Waals surface area contributed by atoms with Gasteiger partial charge in [0.2, 0.25) is 5.91 Å². The Balaban J connectivity index is 1.48. The molecule has 2 heterocycles. The Hall–Kier alpha value is -3.52. The summed E-state index contributed by atoms with van der Waals surface area (Å²) < 4.78 is 10.1. The summed E-state index contributed by atoms with van der Waals surface area (Å²) in [6, 6.07) is 15.8. The average molecular weight is 451 g/mol. The maximum Gasteiger partial charge on any atom is 0.337 e. The molecule has 0 unspecified atom stereocenters. The van der Waals surface area contributed by atoms with Gasteiger partial charge in [0.05, 0.1) is 31.2 Å². The molecule has 1 N–H and O–H groups in total. The van der Waals surface area contributed by atoms with Gasteiger partial charge in [-0.15, -0.1) is 11.8 Å². The van der Waals surface area contributed by atoms with Crippen molar-refractivity contribution in [1.82, 2.24) is 4.90 Å². The number of nitrogens with zero attached hydrogens (tertiary/aromatic N) is 1. The number of hydrogen-bond acceptors (Lipinski definition) is 6. The average Bonchev–Trinajstić information content (AvgIpc) is 3.45. The van der Waals surface area contributed by atoms with E-state index >= 15 is 0 Å². The lowest BCUT2D eigenvalue weighted by Crippen LogP contribution is -2.27. The summed E-state index contributed by atoms with van der Waals surface area (Å²) in [6.45, 7) is 2.25. The van der Waals surface area contributed by atoms with Crippen LogP contribution >= 0.6 is 11.8 Å². The van der Waals surface area contributed by atoms with Gasteiger partial charge in [0.1, 0.15) is 11.1 Å². The van der Waals surface area contributed by atoms with Gasteiger partial charge in [-0.2, -0.15) is 0 Å². The number of furan rings is 1. The molecule has 7 nitrogen and oxygen atoms in total. The van der Waals surface area contributed by atoms with Crippen molar-refractivity contribution in [1.29, 1.82) is 0 Å². The quantitative estimate of drug-likeness (QED) is 0.560. The number of amides is 2. The molecule has 0 bridgehead atoms. The number of hydrogen-bond donors (Lipinski definition) is 1. The third-order valence-corrected chi connectivity index (χ3v) is 6.50. The van der Waals surface area contributed by atoms with Crippen LogP contribution in [0.15, 0.2) is 65.3 Å². The number of methoxy groups -OCH3 is 1. The van der Waals surface area contributed by atoms with E-state index in [0.29, 0.717) is 29.1 Å². The molecule has 0 aliphatic carbocycles. The fourth-order valence-corrected chi connectivity index (χ4v) is 4.65. The van der Waals surface area contributed by atoms with Crippen LogP contribution in [0.1, 0.15) is 43.0 Å². The highest BCUT2D eigenvalue weighted by Gasteiger charge is 2.33. The highest BCUT2D eigenvalue weighted by Crippen LogP contribution is 2.39. The Bertz CT molecular complexity index is 1140. The summed E-state index contributed by atoms with van der Waals surface area (Å²) in [6.07, 6.45) is 1.59. The van der Waals surface area contributed by atoms with Gasteiger partial charge in [-0.3, -0.25) is 9.59 Å². The van der Waals surface area contributed by atoms with Crippen molar-refractivity contribution in [3.63, 3.8) is 0 Å². The summed E-state index contributed by atoms with van der Waals surface area (Å²) in [7, 11) is 1.31. The Kier molecular flexibility index (Phi) is 6.32. The predicted octanol–water partition coefficient (Wildman–Crippen LogP) is 4.40. The van der Waals surface area contributed by atoms with E-state index in [2.05, 4.69) is 5.32 Å². The van der Waals surface area contributed by atoms with Crippen LogP contribution in [0, 0.1) is 6.92 Å². The summed E-state index contributed by atoms with van der Waals surface area (Å²) in [5.74, 6) is 0.436. The highest BCUT2D eigenvalue weighted by atomic mass is 32.2. The fraction of sp³-hybridized carbons (Fsp3) is 0.208. The number of carbonyl (C=O) groups excluding carboxylic acids is 3.